The molecule has 0 unspecified atom stereocenters. The molecular weight excluding hydrogens is 422 g/mol. The molecule has 2 aliphatic rings. The van der Waals surface area contributed by atoms with Crippen LogP contribution in [0.2, 0.25) is 0 Å². The monoisotopic (exact) mass is 447 g/mol. The van der Waals surface area contributed by atoms with Crippen molar-refractivity contribution in [2.24, 2.45) is 10.9 Å². The minimum Gasteiger partial charge on any atom is -0.469 e. The number of fused-ring (bicyclic) bond motifs is 1. The van der Waals surface area contributed by atoms with Crippen molar-refractivity contribution < 1.29 is 14.0 Å². The van der Waals surface area contributed by atoms with Crippen LogP contribution in [0.25, 0.3) is 0 Å². The highest BCUT2D eigenvalue weighted by atomic mass is 32.2. The van der Waals surface area contributed by atoms with Gasteiger partial charge in [-0.15, -0.1) is 0 Å². The largest absolute Gasteiger partial charge is 0.469 e. The number of allylic oxidation sites excluding steroid dienone is 1. The maximum absolute atomic E-state index is 12.7. The average Bonchev–Trinajstić information content (AvgIpc) is 3.28. The molecule has 1 aliphatic heterocycles. The van der Waals surface area contributed by atoms with E-state index in [9.17, 15) is 14.9 Å². The van der Waals surface area contributed by atoms with Gasteiger partial charge in [-0.1, -0.05) is 29.5 Å². The molecule has 164 valence electrons. The lowest BCUT2D eigenvalue weighted by Gasteiger charge is -2.33. The fourth-order valence-electron chi connectivity index (χ4n) is 4.62. The van der Waals surface area contributed by atoms with Gasteiger partial charge in [0.05, 0.1) is 35.5 Å². The number of anilines is 1. The lowest BCUT2D eigenvalue weighted by molar-refractivity contribution is -0.122. The van der Waals surface area contributed by atoms with Gasteiger partial charge >= 0.3 is 0 Å². The van der Waals surface area contributed by atoms with Crippen LogP contribution in [0.15, 0.2) is 50.5 Å². The van der Waals surface area contributed by atoms with Crippen LogP contribution < -0.4 is 5.32 Å². The van der Waals surface area contributed by atoms with Crippen molar-refractivity contribution in [3.63, 3.8) is 0 Å². The molecule has 1 amide bonds. The fraction of sp³-hybridized carbons (Fsp3) is 0.360. The van der Waals surface area contributed by atoms with Crippen LogP contribution in [0, 0.1) is 38.0 Å². The van der Waals surface area contributed by atoms with Crippen LogP contribution in [-0.4, -0.2) is 23.2 Å². The number of amides is 1. The molecule has 2 atom stereocenters. The first-order chi connectivity index (χ1) is 15.4. The van der Waals surface area contributed by atoms with Crippen LogP contribution in [0.1, 0.15) is 47.6 Å². The summed E-state index contributed by atoms with van der Waals surface area (Å²) in [5, 5.41) is 13.5. The second kappa shape index (κ2) is 9.17. The van der Waals surface area contributed by atoms with Gasteiger partial charge in [0.25, 0.3) is 0 Å². The first kappa shape index (κ1) is 22.1. The number of nitrogens with one attached hydrogen (secondary N) is 1. The van der Waals surface area contributed by atoms with Gasteiger partial charge in [0, 0.05) is 17.8 Å². The molecule has 1 N–H and O–H groups in total. The third-order valence-corrected chi connectivity index (χ3v) is 6.92. The second-order valence-electron chi connectivity index (χ2n) is 8.33. The number of Topliss-reactive ketones (excluding diaryl/α,β-unsaturated/α-hetero) is 1. The maximum atomic E-state index is 12.7. The summed E-state index contributed by atoms with van der Waals surface area (Å²) < 4.78 is 5.61. The molecule has 0 radical (unpaired) electrons. The third-order valence-electron chi connectivity index (χ3n) is 5.93. The van der Waals surface area contributed by atoms with Crippen molar-refractivity contribution in [3.05, 3.63) is 63.6 Å². The number of carbonyl (C=O) groups is 2. The van der Waals surface area contributed by atoms with Crippen molar-refractivity contribution >= 4 is 34.9 Å². The summed E-state index contributed by atoms with van der Waals surface area (Å²) in [7, 11) is 0. The molecule has 4 rings (SSSR count). The van der Waals surface area contributed by atoms with Gasteiger partial charge in [-0.05, 0) is 56.9 Å². The van der Waals surface area contributed by atoms with E-state index in [0.29, 0.717) is 29.2 Å². The molecule has 1 fully saturated rings. The molecule has 1 aliphatic carbocycles. The van der Waals surface area contributed by atoms with Crippen LogP contribution in [0.3, 0.4) is 0 Å². The molecule has 0 spiro atoms. The van der Waals surface area contributed by atoms with Gasteiger partial charge in [0.15, 0.2) is 0 Å². The summed E-state index contributed by atoms with van der Waals surface area (Å²) in [5.74, 6) is -0.304. The smallest absolute Gasteiger partial charge is 0.234 e. The summed E-state index contributed by atoms with van der Waals surface area (Å²) in [6, 6.07) is 9.88. The number of aliphatic imine (C=N–C) groups is 1. The number of benzene rings is 1. The topological polar surface area (TPSA) is 95.5 Å². The van der Waals surface area contributed by atoms with Crippen LogP contribution >= 0.6 is 11.8 Å². The Kier molecular flexibility index (Phi) is 6.33. The summed E-state index contributed by atoms with van der Waals surface area (Å²) in [4.78, 5) is 30.1. The van der Waals surface area contributed by atoms with E-state index in [1.807, 2.05) is 32.9 Å². The highest BCUT2D eigenvalue weighted by molar-refractivity contribution is 8.03. The van der Waals surface area contributed by atoms with Crippen LogP contribution in [0.5, 0.6) is 0 Å². The molecular formula is C25H25N3O3S. The van der Waals surface area contributed by atoms with Crippen LogP contribution in [0.4, 0.5) is 5.69 Å². The summed E-state index contributed by atoms with van der Waals surface area (Å²) >= 11 is 1.23. The van der Waals surface area contributed by atoms with E-state index in [1.54, 1.807) is 18.4 Å². The molecule has 2 aromatic rings. The van der Waals surface area contributed by atoms with Gasteiger partial charge in [0.2, 0.25) is 5.91 Å². The number of carbonyl (C=O) groups excluding carboxylic acids is 2. The Morgan fingerprint density at radius 2 is 2.00 bits per heavy atom. The molecule has 1 aromatic heterocycles. The summed E-state index contributed by atoms with van der Waals surface area (Å²) in [5.41, 5.74) is 5.17. The number of furan rings is 1. The predicted molar refractivity (Wildman–Crippen MR) is 126 cm³/mol. The van der Waals surface area contributed by atoms with E-state index in [2.05, 4.69) is 16.4 Å². The Hall–Kier alpha value is -3.11. The molecule has 7 heteroatoms. The zero-order chi connectivity index (χ0) is 22.8. The zero-order valence-corrected chi connectivity index (χ0v) is 19.2. The summed E-state index contributed by atoms with van der Waals surface area (Å²) in [6.45, 7) is 5.97. The van der Waals surface area contributed by atoms with E-state index < -0.39 is 11.8 Å². The van der Waals surface area contributed by atoms with Crippen molar-refractivity contribution in [2.45, 2.75) is 46.0 Å². The molecule has 2 heterocycles. The fourth-order valence-corrected chi connectivity index (χ4v) is 5.47. The van der Waals surface area contributed by atoms with Gasteiger partial charge in [-0.25, -0.2) is 4.99 Å². The molecule has 1 saturated carbocycles. The van der Waals surface area contributed by atoms with E-state index in [0.717, 1.165) is 34.5 Å². The first-order valence-corrected chi connectivity index (χ1v) is 11.7. The quantitative estimate of drug-likeness (QED) is 0.678. The van der Waals surface area contributed by atoms with E-state index in [4.69, 9.17) is 4.42 Å². The summed E-state index contributed by atoms with van der Waals surface area (Å²) in [6.07, 6.45) is 3.50. The standard InChI is InChI=1S/C25H25N3O3S/c1-14-10-15(2)24(16(3)11-14)28-21(30)13-32-25-17(12-26)22(20-8-5-9-31-20)23-18(27-25)6-4-7-19(23)29/h5,8-11,22-23H,4,6-7,13H2,1-3H3,(H,28,30)/t22-,23+/m1/s1. The Labute approximate surface area is 191 Å². The molecule has 1 aromatic carbocycles. The number of nitriles is 1. The van der Waals surface area contributed by atoms with Crippen molar-refractivity contribution in [3.8, 4) is 6.07 Å². The number of nitrogens with zero attached hydrogens (tertiary/aromatic N) is 2. The van der Waals surface area contributed by atoms with E-state index >= 15 is 0 Å². The Bertz CT molecular complexity index is 1150. The number of rotatable bonds is 5. The third kappa shape index (κ3) is 4.28. The molecule has 0 bridgehead atoms. The number of thioether (sulfide) groups is 1. The van der Waals surface area contributed by atoms with Gasteiger partial charge in [-0.2, -0.15) is 5.26 Å². The second-order valence-corrected chi connectivity index (χ2v) is 9.30. The molecule has 6 nitrogen and oxygen atoms in total. The highest BCUT2D eigenvalue weighted by Gasteiger charge is 2.43. The van der Waals surface area contributed by atoms with Crippen molar-refractivity contribution in [1.82, 2.24) is 0 Å². The lowest BCUT2D eigenvalue weighted by atomic mass is 9.72. The van der Waals surface area contributed by atoms with Crippen LogP contribution in [-0.2, 0) is 9.59 Å². The number of aryl methyl sites for hydroxylation is 3. The minimum atomic E-state index is -0.484. The first-order valence-electron chi connectivity index (χ1n) is 10.7. The molecule has 32 heavy (non-hydrogen) atoms. The van der Waals surface area contributed by atoms with E-state index in [-0.39, 0.29) is 17.4 Å². The normalized spacial score (nSPS) is 20.4. The van der Waals surface area contributed by atoms with Gasteiger partial charge in [0.1, 0.15) is 16.6 Å². The maximum Gasteiger partial charge on any atom is 0.234 e. The van der Waals surface area contributed by atoms with Gasteiger partial charge in [-0.3, -0.25) is 9.59 Å². The predicted octanol–water partition coefficient (Wildman–Crippen LogP) is 5.22. The van der Waals surface area contributed by atoms with Gasteiger partial charge < -0.3 is 9.73 Å². The number of hydrogen-bond acceptors (Lipinski definition) is 6. The Morgan fingerprint density at radius 3 is 2.66 bits per heavy atom. The number of hydrogen-bond donors (Lipinski definition) is 1. The zero-order valence-electron chi connectivity index (χ0n) is 18.4. The highest BCUT2D eigenvalue weighted by Crippen LogP contribution is 2.45. The van der Waals surface area contributed by atoms with E-state index in [1.165, 1.54) is 11.8 Å². The Balaban J connectivity index is 1.59. The van der Waals surface area contributed by atoms with Crippen molar-refractivity contribution in [2.75, 3.05) is 11.1 Å². The lowest BCUT2D eigenvalue weighted by Crippen LogP contribution is -2.37. The Morgan fingerprint density at radius 1 is 1.25 bits per heavy atom. The average molecular weight is 448 g/mol. The SMILES string of the molecule is Cc1cc(C)c(NC(=O)CSC2=C(C#N)[C@H](c3ccco3)[C@@H]3C(=O)CCCC3=N2)c(C)c1. The minimum absolute atomic E-state index is 0.0938. The number of ketones is 1. The molecule has 0 saturated heterocycles. The van der Waals surface area contributed by atoms with Crippen molar-refractivity contribution in [1.29, 1.82) is 5.26 Å².